The van der Waals surface area contributed by atoms with E-state index in [1.165, 1.54) is 0 Å². The number of aryl methyl sites for hydroxylation is 1. The van der Waals surface area contributed by atoms with Crippen molar-refractivity contribution in [3.05, 3.63) is 29.8 Å². The van der Waals surface area contributed by atoms with Crippen molar-refractivity contribution in [3.63, 3.8) is 0 Å². The van der Waals surface area contributed by atoms with Gasteiger partial charge in [0.25, 0.3) is 0 Å². The van der Waals surface area contributed by atoms with Crippen LogP contribution in [0.25, 0.3) is 0 Å². The molecule has 0 aromatic heterocycles. The van der Waals surface area contributed by atoms with E-state index in [2.05, 4.69) is 0 Å². The lowest BCUT2D eigenvalue weighted by Crippen LogP contribution is -2.10. The van der Waals surface area contributed by atoms with Crippen LogP contribution in [-0.4, -0.2) is 11.9 Å². The first-order valence-electron chi connectivity index (χ1n) is 6.28. The summed E-state index contributed by atoms with van der Waals surface area (Å²) in [5.41, 5.74) is 1.12. The molecule has 0 radical (unpaired) electrons. The first kappa shape index (κ1) is 13.8. The molecule has 0 aliphatic rings. The van der Waals surface area contributed by atoms with Gasteiger partial charge in [-0.25, -0.2) is 0 Å². The molecular weight excluding hydrogens is 212 g/mol. The number of ketones is 1. The molecule has 2 heteroatoms. The quantitative estimate of drug-likeness (QED) is 0.751. The van der Waals surface area contributed by atoms with Gasteiger partial charge in [-0.3, -0.25) is 4.79 Å². The first-order valence-corrected chi connectivity index (χ1v) is 6.28. The summed E-state index contributed by atoms with van der Waals surface area (Å²) < 4.78 is 5.73. The van der Waals surface area contributed by atoms with E-state index in [0.717, 1.165) is 17.7 Å². The molecule has 2 nitrogen and oxygen atoms in total. The molecule has 0 aliphatic carbocycles. The van der Waals surface area contributed by atoms with E-state index in [9.17, 15) is 4.79 Å². The number of hydrogen-bond donors (Lipinski definition) is 0. The molecule has 17 heavy (non-hydrogen) atoms. The lowest BCUT2D eigenvalue weighted by atomic mass is 10.0. The van der Waals surface area contributed by atoms with Crippen molar-refractivity contribution in [2.75, 3.05) is 0 Å². The second-order valence-electron chi connectivity index (χ2n) is 4.90. The molecule has 94 valence electrons. The maximum absolute atomic E-state index is 11.6. The number of ether oxygens (including phenoxy) is 1. The van der Waals surface area contributed by atoms with E-state index < -0.39 is 0 Å². The Kier molecular flexibility index (Phi) is 5.20. The fourth-order valence-electron chi connectivity index (χ4n) is 1.63. The van der Waals surface area contributed by atoms with Gasteiger partial charge in [0, 0.05) is 12.3 Å². The highest BCUT2D eigenvalue weighted by molar-refractivity contribution is 5.80. The van der Waals surface area contributed by atoms with Crippen LogP contribution in [0.3, 0.4) is 0 Å². The Morgan fingerprint density at radius 1 is 1.18 bits per heavy atom. The number of carbonyl (C=O) groups is 1. The third-order valence-electron chi connectivity index (χ3n) is 2.62. The van der Waals surface area contributed by atoms with Crippen molar-refractivity contribution < 1.29 is 9.53 Å². The second-order valence-corrected chi connectivity index (χ2v) is 4.90. The Labute approximate surface area is 104 Å². The van der Waals surface area contributed by atoms with Crippen molar-refractivity contribution in [3.8, 4) is 5.75 Å². The van der Waals surface area contributed by atoms with Crippen LogP contribution in [0.4, 0.5) is 0 Å². The third kappa shape index (κ3) is 4.59. The standard InChI is InChI=1S/C15H22O2/c1-11(2)14(16)10-9-13-7-5-6-8-15(13)17-12(3)4/h5-8,11-12H,9-10H2,1-4H3. The molecule has 0 spiro atoms. The number of hydrogen-bond acceptors (Lipinski definition) is 2. The molecule has 0 bridgehead atoms. The van der Waals surface area contributed by atoms with Crippen LogP contribution < -0.4 is 4.74 Å². The minimum atomic E-state index is 0.119. The summed E-state index contributed by atoms with van der Waals surface area (Å²) in [6.45, 7) is 7.91. The van der Waals surface area contributed by atoms with Crippen molar-refractivity contribution in [1.29, 1.82) is 0 Å². The number of carbonyl (C=O) groups excluding carboxylic acids is 1. The molecule has 1 rings (SSSR count). The molecule has 1 aromatic carbocycles. The van der Waals surface area contributed by atoms with Crippen LogP contribution in [0.5, 0.6) is 5.75 Å². The molecule has 0 unspecified atom stereocenters. The van der Waals surface area contributed by atoms with Crippen LogP contribution in [0.15, 0.2) is 24.3 Å². The van der Waals surface area contributed by atoms with Gasteiger partial charge in [0.05, 0.1) is 6.10 Å². The summed E-state index contributed by atoms with van der Waals surface area (Å²) in [6, 6.07) is 7.95. The van der Waals surface area contributed by atoms with E-state index in [0.29, 0.717) is 12.2 Å². The maximum atomic E-state index is 11.6. The van der Waals surface area contributed by atoms with Gasteiger partial charge in [0.2, 0.25) is 0 Å². The Bertz CT molecular complexity index is 367. The number of rotatable bonds is 6. The van der Waals surface area contributed by atoms with Crippen LogP contribution in [-0.2, 0) is 11.2 Å². The number of para-hydroxylation sites is 1. The largest absolute Gasteiger partial charge is 0.491 e. The molecule has 0 N–H and O–H groups in total. The summed E-state index contributed by atoms with van der Waals surface area (Å²) >= 11 is 0. The Hall–Kier alpha value is -1.31. The van der Waals surface area contributed by atoms with Crippen molar-refractivity contribution in [1.82, 2.24) is 0 Å². The van der Waals surface area contributed by atoms with E-state index >= 15 is 0 Å². The molecule has 0 saturated heterocycles. The van der Waals surface area contributed by atoms with E-state index in [4.69, 9.17) is 4.74 Å². The van der Waals surface area contributed by atoms with Gasteiger partial charge in [-0.05, 0) is 31.9 Å². The monoisotopic (exact) mass is 234 g/mol. The lowest BCUT2D eigenvalue weighted by Gasteiger charge is -2.14. The number of benzene rings is 1. The molecule has 0 aliphatic heterocycles. The topological polar surface area (TPSA) is 26.3 Å². The fraction of sp³-hybridized carbons (Fsp3) is 0.533. The summed E-state index contributed by atoms with van der Waals surface area (Å²) in [7, 11) is 0. The predicted molar refractivity (Wildman–Crippen MR) is 70.4 cm³/mol. The zero-order chi connectivity index (χ0) is 12.8. The Morgan fingerprint density at radius 3 is 2.41 bits per heavy atom. The Morgan fingerprint density at radius 2 is 1.82 bits per heavy atom. The number of Topliss-reactive ketones (excluding diaryl/α,β-unsaturated/α-hetero) is 1. The van der Waals surface area contributed by atoms with Crippen LogP contribution in [0, 0.1) is 5.92 Å². The van der Waals surface area contributed by atoms with E-state index in [-0.39, 0.29) is 12.0 Å². The molecule has 1 aromatic rings. The Balaban J connectivity index is 2.67. The average Bonchev–Trinajstić information content (AvgIpc) is 2.26. The maximum Gasteiger partial charge on any atom is 0.135 e. The van der Waals surface area contributed by atoms with Gasteiger partial charge >= 0.3 is 0 Å². The summed E-state index contributed by atoms with van der Waals surface area (Å²) in [4.78, 5) is 11.6. The third-order valence-corrected chi connectivity index (χ3v) is 2.62. The second kappa shape index (κ2) is 6.43. The van der Waals surface area contributed by atoms with Gasteiger partial charge in [-0.1, -0.05) is 32.0 Å². The van der Waals surface area contributed by atoms with Gasteiger partial charge in [-0.15, -0.1) is 0 Å². The molecule has 0 saturated carbocycles. The molecule has 0 heterocycles. The zero-order valence-corrected chi connectivity index (χ0v) is 11.2. The minimum Gasteiger partial charge on any atom is -0.491 e. The van der Waals surface area contributed by atoms with Crippen LogP contribution in [0.1, 0.15) is 39.7 Å². The predicted octanol–water partition coefficient (Wildman–Crippen LogP) is 3.63. The highest BCUT2D eigenvalue weighted by Crippen LogP contribution is 2.21. The van der Waals surface area contributed by atoms with Gasteiger partial charge in [-0.2, -0.15) is 0 Å². The van der Waals surface area contributed by atoms with E-state index in [1.807, 2.05) is 52.0 Å². The van der Waals surface area contributed by atoms with Gasteiger partial charge < -0.3 is 4.74 Å². The summed E-state index contributed by atoms with van der Waals surface area (Å²) in [5.74, 6) is 1.33. The highest BCUT2D eigenvalue weighted by Gasteiger charge is 2.10. The average molecular weight is 234 g/mol. The van der Waals surface area contributed by atoms with Crippen molar-refractivity contribution in [2.24, 2.45) is 5.92 Å². The zero-order valence-electron chi connectivity index (χ0n) is 11.2. The normalized spacial score (nSPS) is 10.9. The first-order chi connectivity index (χ1) is 8.00. The van der Waals surface area contributed by atoms with Crippen LogP contribution >= 0.6 is 0 Å². The van der Waals surface area contributed by atoms with Crippen molar-refractivity contribution >= 4 is 5.78 Å². The van der Waals surface area contributed by atoms with E-state index in [1.54, 1.807) is 0 Å². The van der Waals surface area contributed by atoms with Crippen molar-refractivity contribution in [2.45, 2.75) is 46.6 Å². The SMILES string of the molecule is CC(C)Oc1ccccc1CCC(=O)C(C)C. The molecule has 0 fully saturated rings. The van der Waals surface area contributed by atoms with Crippen LogP contribution in [0.2, 0.25) is 0 Å². The minimum absolute atomic E-state index is 0.119. The molecule has 0 amide bonds. The molecular formula is C15H22O2. The van der Waals surface area contributed by atoms with Gasteiger partial charge in [0.1, 0.15) is 11.5 Å². The smallest absolute Gasteiger partial charge is 0.135 e. The molecule has 0 atom stereocenters. The lowest BCUT2D eigenvalue weighted by molar-refractivity contribution is -0.121. The summed E-state index contributed by atoms with van der Waals surface area (Å²) in [6.07, 6.45) is 1.52. The highest BCUT2D eigenvalue weighted by atomic mass is 16.5. The summed E-state index contributed by atoms with van der Waals surface area (Å²) in [5, 5.41) is 0. The van der Waals surface area contributed by atoms with Gasteiger partial charge in [0.15, 0.2) is 0 Å². The fourth-order valence-corrected chi connectivity index (χ4v) is 1.63.